The van der Waals surface area contributed by atoms with Crippen LogP contribution in [0.25, 0.3) is 0 Å². The van der Waals surface area contributed by atoms with Crippen LogP contribution in [-0.4, -0.2) is 11.0 Å². The van der Waals surface area contributed by atoms with Crippen LogP contribution in [0.4, 0.5) is 4.39 Å². The lowest BCUT2D eigenvalue weighted by atomic mass is 10.3. The third kappa shape index (κ3) is 2.39. The fourth-order valence-corrected chi connectivity index (χ4v) is 1.21. The molecule has 2 nitrogen and oxygen atoms in total. The van der Waals surface area contributed by atoms with Gasteiger partial charge in [-0.05, 0) is 24.5 Å². The SMILES string of the molecule is Fc1cc(CNC2CC2)cnc1Cl. The molecule has 1 fully saturated rings. The summed E-state index contributed by atoms with van der Waals surface area (Å²) in [6.07, 6.45) is 4.05. The Labute approximate surface area is 81.1 Å². The van der Waals surface area contributed by atoms with E-state index in [1.54, 1.807) is 6.20 Å². The van der Waals surface area contributed by atoms with Crippen molar-refractivity contribution in [3.05, 3.63) is 28.8 Å². The van der Waals surface area contributed by atoms with Crippen LogP contribution in [-0.2, 0) is 6.54 Å². The second-order valence-electron chi connectivity index (χ2n) is 3.27. The third-order valence-electron chi connectivity index (χ3n) is 2.03. The molecule has 0 aromatic carbocycles. The van der Waals surface area contributed by atoms with Crippen molar-refractivity contribution in [3.63, 3.8) is 0 Å². The van der Waals surface area contributed by atoms with Crippen LogP contribution < -0.4 is 5.32 Å². The standard InChI is InChI=1S/C9H10ClFN2/c10-9-8(11)3-6(5-13-9)4-12-7-1-2-7/h3,5,7,12H,1-2,4H2. The zero-order valence-electron chi connectivity index (χ0n) is 7.06. The van der Waals surface area contributed by atoms with Gasteiger partial charge in [0.25, 0.3) is 0 Å². The molecule has 0 spiro atoms. The second kappa shape index (κ2) is 3.60. The smallest absolute Gasteiger partial charge is 0.164 e. The van der Waals surface area contributed by atoms with Gasteiger partial charge < -0.3 is 5.32 Å². The Kier molecular flexibility index (Phi) is 2.47. The van der Waals surface area contributed by atoms with E-state index in [0.29, 0.717) is 12.6 Å². The lowest BCUT2D eigenvalue weighted by Gasteiger charge is -2.02. The Morgan fingerprint density at radius 3 is 3.00 bits per heavy atom. The fourth-order valence-electron chi connectivity index (χ4n) is 1.11. The highest BCUT2D eigenvalue weighted by molar-refractivity contribution is 6.29. The summed E-state index contributed by atoms with van der Waals surface area (Å²) in [6.45, 7) is 0.672. The van der Waals surface area contributed by atoms with Crippen LogP contribution in [0.2, 0.25) is 5.15 Å². The van der Waals surface area contributed by atoms with Crippen molar-refractivity contribution in [2.45, 2.75) is 25.4 Å². The van der Waals surface area contributed by atoms with Crippen molar-refractivity contribution in [2.24, 2.45) is 0 Å². The van der Waals surface area contributed by atoms with Gasteiger partial charge in [-0.3, -0.25) is 0 Å². The van der Waals surface area contributed by atoms with Gasteiger partial charge in [-0.15, -0.1) is 0 Å². The summed E-state index contributed by atoms with van der Waals surface area (Å²) in [5.41, 5.74) is 0.841. The summed E-state index contributed by atoms with van der Waals surface area (Å²) < 4.78 is 12.9. The maximum absolute atomic E-state index is 12.9. The van der Waals surface area contributed by atoms with Crippen molar-refractivity contribution in [3.8, 4) is 0 Å². The van der Waals surface area contributed by atoms with E-state index < -0.39 is 5.82 Å². The van der Waals surface area contributed by atoms with Crippen LogP contribution in [0.1, 0.15) is 18.4 Å². The number of rotatable bonds is 3. The summed E-state index contributed by atoms with van der Waals surface area (Å²) in [5, 5.41) is 3.21. The minimum absolute atomic E-state index is 0.0600. The zero-order chi connectivity index (χ0) is 9.26. The number of pyridine rings is 1. The number of aromatic nitrogens is 1. The van der Waals surface area contributed by atoms with E-state index in [1.807, 2.05) is 0 Å². The molecule has 1 heterocycles. The van der Waals surface area contributed by atoms with Gasteiger partial charge in [0.15, 0.2) is 11.0 Å². The molecular weight excluding hydrogens is 191 g/mol. The van der Waals surface area contributed by atoms with E-state index in [0.717, 1.165) is 5.56 Å². The van der Waals surface area contributed by atoms with Crippen molar-refractivity contribution >= 4 is 11.6 Å². The summed E-state index contributed by atoms with van der Waals surface area (Å²) in [7, 11) is 0. The molecule has 4 heteroatoms. The Morgan fingerprint density at radius 2 is 2.38 bits per heavy atom. The van der Waals surface area contributed by atoms with Crippen LogP contribution >= 0.6 is 11.6 Å². The fraction of sp³-hybridized carbons (Fsp3) is 0.444. The molecule has 2 rings (SSSR count). The van der Waals surface area contributed by atoms with Gasteiger partial charge in [0.05, 0.1) is 0 Å². The predicted molar refractivity (Wildman–Crippen MR) is 49.1 cm³/mol. The van der Waals surface area contributed by atoms with Crippen LogP contribution in [0.3, 0.4) is 0 Å². The molecular formula is C9H10ClFN2. The predicted octanol–water partition coefficient (Wildman–Crippen LogP) is 2.13. The van der Waals surface area contributed by atoms with Gasteiger partial charge in [0, 0.05) is 18.8 Å². The first-order valence-electron chi connectivity index (χ1n) is 4.29. The van der Waals surface area contributed by atoms with E-state index in [-0.39, 0.29) is 5.15 Å². The summed E-state index contributed by atoms with van der Waals surface area (Å²) in [5.74, 6) is -0.447. The molecule has 1 aliphatic carbocycles. The van der Waals surface area contributed by atoms with Crippen molar-refractivity contribution in [1.29, 1.82) is 0 Å². The number of hydrogen-bond acceptors (Lipinski definition) is 2. The first-order chi connectivity index (χ1) is 6.25. The Morgan fingerprint density at radius 1 is 1.62 bits per heavy atom. The van der Waals surface area contributed by atoms with E-state index in [2.05, 4.69) is 10.3 Å². The zero-order valence-corrected chi connectivity index (χ0v) is 7.81. The van der Waals surface area contributed by atoms with E-state index in [1.165, 1.54) is 18.9 Å². The molecule has 0 unspecified atom stereocenters. The average Bonchev–Trinajstić information content (AvgIpc) is 2.91. The van der Waals surface area contributed by atoms with E-state index in [4.69, 9.17) is 11.6 Å². The van der Waals surface area contributed by atoms with Crippen LogP contribution in [0.5, 0.6) is 0 Å². The molecule has 0 radical (unpaired) electrons. The summed E-state index contributed by atoms with van der Waals surface area (Å²) in [4.78, 5) is 3.73. The minimum atomic E-state index is -0.447. The van der Waals surface area contributed by atoms with E-state index in [9.17, 15) is 4.39 Å². The minimum Gasteiger partial charge on any atom is -0.310 e. The van der Waals surface area contributed by atoms with Crippen molar-refractivity contribution < 1.29 is 4.39 Å². The Bertz CT molecular complexity index is 312. The van der Waals surface area contributed by atoms with Gasteiger partial charge in [-0.2, -0.15) is 0 Å². The van der Waals surface area contributed by atoms with Gasteiger partial charge in [-0.25, -0.2) is 9.37 Å². The highest BCUT2D eigenvalue weighted by atomic mass is 35.5. The quantitative estimate of drug-likeness (QED) is 0.757. The molecule has 0 bridgehead atoms. The average molecular weight is 201 g/mol. The first kappa shape index (κ1) is 8.91. The largest absolute Gasteiger partial charge is 0.310 e. The number of nitrogens with one attached hydrogen (secondary N) is 1. The summed E-state index contributed by atoms with van der Waals surface area (Å²) >= 11 is 5.45. The van der Waals surface area contributed by atoms with Gasteiger partial charge in [0.1, 0.15) is 0 Å². The molecule has 0 atom stereocenters. The lowest BCUT2D eigenvalue weighted by Crippen LogP contribution is -2.15. The number of hydrogen-bond donors (Lipinski definition) is 1. The highest BCUT2D eigenvalue weighted by Crippen LogP contribution is 2.19. The highest BCUT2D eigenvalue weighted by Gasteiger charge is 2.20. The molecule has 0 saturated heterocycles. The van der Waals surface area contributed by atoms with Gasteiger partial charge in [-0.1, -0.05) is 11.6 Å². The normalized spacial score (nSPS) is 16.2. The molecule has 1 aromatic heterocycles. The van der Waals surface area contributed by atoms with Crippen molar-refractivity contribution in [2.75, 3.05) is 0 Å². The number of halogens is 2. The molecule has 1 aromatic rings. The maximum atomic E-state index is 12.9. The molecule has 0 amide bonds. The lowest BCUT2D eigenvalue weighted by molar-refractivity contribution is 0.612. The molecule has 1 N–H and O–H groups in total. The third-order valence-corrected chi connectivity index (χ3v) is 2.30. The molecule has 1 saturated carbocycles. The summed E-state index contributed by atoms with van der Waals surface area (Å²) in [6, 6.07) is 2.05. The van der Waals surface area contributed by atoms with Gasteiger partial charge in [0.2, 0.25) is 0 Å². The monoisotopic (exact) mass is 200 g/mol. The Hall–Kier alpha value is -0.670. The van der Waals surface area contributed by atoms with Crippen molar-refractivity contribution in [1.82, 2.24) is 10.3 Å². The second-order valence-corrected chi connectivity index (χ2v) is 3.63. The molecule has 0 aliphatic heterocycles. The molecule has 1 aliphatic rings. The first-order valence-corrected chi connectivity index (χ1v) is 4.67. The van der Waals surface area contributed by atoms with Crippen LogP contribution in [0.15, 0.2) is 12.3 Å². The topological polar surface area (TPSA) is 24.9 Å². The molecule has 13 heavy (non-hydrogen) atoms. The van der Waals surface area contributed by atoms with Gasteiger partial charge >= 0.3 is 0 Å². The molecule has 70 valence electrons. The maximum Gasteiger partial charge on any atom is 0.164 e. The van der Waals surface area contributed by atoms with Crippen LogP contribution in [0, 0.1) is 5.82 Å². The van der Waals surface area contributed by atoms with E-state index >= 15 is 0 Å². The number of nitrogens with zero attached hydrogens (tertiary/aromatic N) is 1. The Balaban J connectivity index is 1.98.